The highest BCUT2D eigenvalue weighted by Crippen LogP contribution is 2.28. The molecule has 0 aliphatic heterocycles. The third-order valence-electron chi connectivity index (χ3n) is 3.96. The number of hydrogen-bond donors (Lipinski definition) is 1. The number of hydrogen-bond acceptors (Lipinski definition) is 4. The largest absolute Gasteiger partial charge is 0.362 e. The van der Waals surface area contributed by atoms with Crippen LogP contribution in [0.4, 0.5) is 0 Å². The Balaban J connectivity index is 1.51. The number of thiazole rings is 1. The zero-order chi connectivity index (χ0) is 17.6. The van der Waals surface area contributed by atoms with Crippen LogP contribution in [0.3, 0.4) is 0 Å². The summed E-state index contributed by atoms with van der Waals surface area (Å²) >= 11 is 9.11. The van der Waals surface area contributed by atoms with Gasteiger partial charge in [-0.05, 0) is 43.4 Å². The van der Waals surface area contributed by atoms with Crippen LogP contribution in [0.25, 0.3) is 10.2 Å². The van der Waals surface area contributed by atoms with E-state index in [0.717, 1.165) is 27.9 Å². The lowest BCUT2D eigenvalue weighted by atomic mass is 10.3. The third-order valence-corrected chi connectivity index (χ3v) is 6.61. The van der Waals surface area contributed by atoms with Crippen molar-refractivity contribution in [3.8, 4) is 0 Å². The van der Waals surface area contributed by atoms with Crippen LogP contribution in [0.5, 0.6) is 0 Å². The van der Waals surface area contributed by atoms with Crippen molar-refractivity contribution in [2.45, 2.75) is 17.9 Å². The number of aromatic nitrogens is 1. The van der Waals surface area contributed by atoms with Crippen molar-refractivity contribution in [2.75, 3.05) is 19.3 Å². The third kappa shape index (κ3) is 4.71. The van der Waals surface area contributed by atoms with Crippen LogP contribution in [0.15, 0.2) is 59.5 Å². The number of rotatable bonds is 6. The summed E-state index contributed by atoms with van der Waals surface area (Å²) in [7, 11) is 2.02. The van der Waals surface area contributed by atoms with Crippen LogP contribution in [0, 0.1) is 0 Å². The zero-order valence-electron chi connectivity index (χ0n) is 14.3. The fraction of sp³-hybridized carbons (Fsp3) is 0.263. The summed E-state index contributed by atoms with van der Waals surface area (Å²) in [4.78, 5) is 8.10. The van der Waals surface area contributed by atoms with Crippen molar-refractivity contribution in [1.82, 2.24) is 15.2 Å². The molecule has 3 aromatic rings. The molecule has 1 heterocycles. The summed E-state index contributed by atoms with van der Waals surface area (Å²) in [5, 5.41) is 5.20. The first kappa shape index (κ1) is 18.2. The molecule has 25 heavy (non-hydrogen) atoms. The van der Waals surface area contributed by atoms with E-state index in [9.17, 15) is 0 Å². The van der Waals surface area contributed by atoms with Crippen molar-refractivity contribution >= 4 is 50.6 Å². The highest BCUT2D eigenvalue weighted by molar-refractivity contribution is 7.99. The van der Waals surface area contributed by atoms with E-state index in [0.29, 0.717) is 0 Å². The lowest BCUT2D eigenvalue weighted by Gasteiger charge is -2.26. The number of thioether (sulfide) groups is 1. The van der Waals surface area contributed by atoms with Crippen LogP contribution < -0.4 is 5.32 Å². The van der Waals surface area contributed by atoms with Gasteiger partial charge in [0.05, 0.1) is 16.3 Å². The Bertz CT molecular complexity index is 799. The van der Waals surface area contributed by atoms with E-state index in [1.165, 1.54) is 9.60 Å². The van der Waals surface area contributed by atoms with E-state index in [1.807, 2.05) is 30.9 Å². The van der Waals surface area contributed by atoms with Crippen LogP contribution >= 0.6 is 35.3 Å². The number of thiocarbonyl (C=S) groups is 1. The summed E-state index contributed by atoms with van der Waals surface area (Å²) in [6, 6.07) is 18.8. The molecule has 0 saturated carbocycles. The van der Waals surface area contributed by atoms with Gasteiger partial charge in [0.1, 0.15) is 5.01 Å². The normalized spacial score (nSPS) is 12.1. The van der Waals surface area contributed by atoms with E-state index in [2.05, 4.69) is 59.6 Å². The van der Waals surface area contributed by atoms with Gasteiger partial charge >= 0.3 is 0 Å². The Morgan fingerprint density at radius 1 is 1.20 bits per heavy atom. The maximum Gasteiger partial charge on any atom is 0.169 e. The second kappa shape index (κ2) is 8.65. The highest BCUT2D eigenvalue weighted by atomic mass is 32.2. The predicted octanol–water partition coefficient (Wildman–Crippen LogP) is 4.96. The lowest BCUT2D eigenvalue weighted by Crippen LogP contribution is -2.39. The summed E-state index contributed by atoms with van der Waals surface area (Å²) in [6.45, 7) is 2.99. The van der Waals surface area contributed by atoms with Gasteiger partial charge in [-0.1, -0.05) is 30.3 Å². The van der Waals surface area contributed by atoms with Gasteiger partial charge in [0.15, 0.2) is 5.11 Å². The Morgan fingerprint density at radius 3 is 2.68 bits per heavy atom. The molecule has 3 nitrogen and oxygen atoms in total. The highest BCUT2D eigenvalue weighted by Gasteiger charge is 2.18. The molecule has 0 aliphatic rings. The average Bonchev–Trinajstić information content (AvgIpc) is 3.09. The first-order valence-corrected chi connectivity index (χ1v) is 10.4. The minimum Gasteiger partial charge on any atom is -0.362 e. The molecule has 1 atom stereocenters. The van der Waals surface area contributed by atoms with E-state index >= 15 is 0 Å². The van der Waals surface area contributed by atoms with Crippen molar-refractivity contribution in [3.63, 3.8) is 0 Å². The van der Waals surface area contributed by atoms with Crippen LogP contribution in [0.2, 0.25) is 0 Å². The molecule has 130 valence electrons. The molecule has 0 fully saturated rings. The maximum atomic E-state index is 5.55. The minimum atomic E-state index is 0.152. The number of nitrogens with zero attached hydrogens (tertiary/aromatic N) is 2. The van der Waals surface area contributed by atoms with Crippen molar-refractivity contribution in [3.05, 3.63) is 59.6 Å². The molecule has 0 aliphatic carbocycles. The smallest absolute Gasteiger partial charge is 0.169 e. The Hall–Kier alpha value is -1.63. The number of para-hydroxylation sites is 1. The summed E-state index contributed by atoms with van der Waals surface area (Å²) < 4.78 is 1.22. The molecule has 0 bridgehead atoms. The Morgan fingerprint density at radius 2 is 1.92 bits per heavy atom. The molecule has 3 rings (SSSR count). The predicted molar refractivity (Wildman–Crippen MR) is 114 cm³/mol. The second-order valence-electron chi connectivity index (χ2n) is 5.70. The standard InChI is InChI=1S/C19H21N3S3/c1-14(18-21-16-10-6-7-11-17(16)25-18)22(2)19(23)20-12-13-24-15-8-4-3-5-9-15/h3-11,14H,12-13H2,1-2H3,(H,20,23)/t14-/m1/s1. The Labute approximate surface area is 162 Å². The topological polar surface area (TPSA) is 28.2 Å². The molecule has 2 aromatic carbocycles. The number of benzene rings is 2. The first-order valence-electron chi connectivity index (χ1n) is 8.19. The first-order chi connectivity index (χ1) is 12.1. The van der Waals surface area contributed by atoms with Crippen molar-refractivity contribution in [2.24, 2.45) is 0 Å². The van der Waals surface area contributed by atoms with Crippen molar-refractivity contribution in [1.29, 1.82) is 0 Å². The molecule has 1 N–H and O–H groups in total. The molecule has 6 heteroatoms. The van der Waals surface area contributed by atoms with Gasteiger partial charge in [-0.3, -0.25) is 0 Å². The molecule has 0 spiro atoms. The lowest BCUT2D eigenvalue weighted by molar-refractivity contribution is 0.396. The van der Waals surface area contributed by atoms with E-state index < -0.39 is 0 Å². The van der Waals surface area contributed by atoms with Gasteiger partial charge in [-0.25, -0.2) is 4.98 Å². The zero-order valence-corrected chi connectivity index (χ0v) is 16.8. The summed E-state index contributed by atoms with van der Waals surface area (Å²) in [5.74, 6) is 0.980. The molecule has 0 saturated heterocycles. The van der Waals surface area contributed by atoms with Gasteiger partial charge in [-0.15, -0.1) is 23.1 Å². The molecule has 0 unspecified atom stereocenters. The van der Waals surface area contributed by atoms with Gasteiger partial charge < -0.3 is 10.2 Å². The van der Waals surface area contributed by atoms with Gasteiger partial charge in [0.25, 0.3) is 0 Å². The molecular weight excluding hydrogens is 366 g/mol. The fourth-order valence-corrected chi connectivity index (χ4v) is 4.49. The molecular formula is C19H21N3S3. The van der Waals surface area contributed by atoms with E-state index in [-0.39, 0.29) is 6.04 Å². The fourth-order valence-electron chi connectivity index (χ4n) is 2.38. The monoisotopic (exact) mass is 387 g/mol. The Kier molecular flexibility index (Phi) is 6.29. The SMILES string of the molecule is C[C@H](c1nc2ccccc2s1)N(C)C(=S)NCCSc1ccccc1. The summed E-state index contributed by atoms with van der Waals surface area (Å²) in [5.41, 5.74) is 1.06. The number of nitrogens with one attached hydrogen (secondary N) is 1. The molecule has 1 aromatic heterocycles. The van der Waals surface area contributed by atoms with Crippen LogP contribution in [-0.4, -0.2) is 34.3 Å². The van der Waals surface area contributed by atoms with Gasteiger partial charge in [0.2, 0.25) is 0 Å². The quantitative estimate of drug-likeness (QED) is 0.367. The van der Waals surface area contributed by atoms with Crippen LogP contribution in [0.1, 0.15) is 18.0 Å². The van der Waals surface area contributed by atoms with E-state index in [4.69, 9.17) is 17.2 Å². The maximum absolute atomic E-state index is 5.55. The molecule has 0 radical (unpaired) electrons. The van der Waals surface area contributed by atoms with E-state index in [1.54, 1.807) is 11.3 Å². The number of fused-ring (bicyclic) bond motifs is 1. The minimum absolute atomic E-state index is 0.152. The van der Waals surface area contributed by atoms with Gasteiger partial charge in [-0.2, -0.15) is 0 Å². The van der Waals surface area contributed by atoms with Crippen molar-refractivity contribution < 1.29 is 0 Å². The molecule has 0 amide bonds. The average molecular weight is 388 g/mol. The van der Waals surface area contributed by atoms with Gasteiger partial charge in [0, 0.05) is 24.2 Å². The second-order valence-corrected chi connectivity index (χ2v) is 8.32. The van der Waals surface area contributed by atoms with Crippen LogP contribution in [-0.2, 0) is 0 Å². The summed E-state index contributed by atoms with van der Waals surface area (Å²) in [6.07, 6.45) is 0.